The quantitative estimate of drug-likeness (QED) is 0.141. The van der Waals surface area contributed by atoms with Crippen LogP contribution in [-0.2, 0) is 12.8 Å². The topological polar surface area (TPSA) is 90.8 Å². The number of benzene rings is 3. The van der Waals surface area contributed by atoms with Crippen LogP contribution in [0.4, 0.5) is 4.39 Å². The molecule has 0 fully saturated rings. The molecule has 1 N–H and O–H groups in total. The van der Waals surface area contributed by atoms with Gasteiger partial charge in [0.1, 0.15) is 5.82 Å². The third kappa shape index (κ3) is 7.69. The maximum Gasteiger partial charge on any atom is 0.338 e. The monoisotopic (exact) mass is 786 g/mol. The number of carboxylic acid groups (broad SMARTS) is 1. The molecule has 0 aliphatic carbocycles. The number of carboxylic acids is 1. The number of aromatic nitrogens is 6. The number of carbonyl (C=O) groups is 1. The molecule has 2 atom stereocenters. The summed E-state index contributed by atoms with van der Waals surface area (Å²) in [5.74, 6) is -2.32. The van der Waals surface area contributed by atoms with Crippen LogP contribution in [0.1, 0.15) is 83.6 Å². The number of halogens is 6. The maximum atomic E-state index is 16.5. The number of rotatable bonds is 11. The number of aromatic carboxylic acids is 1. The van der Waals surface area contributed by atoms with Crippen molar-refractivity contribution in [3.63, 3.8) is 0 Å². The van der Waals surface area contributed by atoms with Gasteiger partial charge in [0, 0.05) is 34.2 Å². The second-order valence-electron chi connectivity index (χ2n) is 12.8. The van der Waals surface area contributed by atoms with Gasteiger partial charge in [0.05, 0.1) is 56.3 Å². The summed E-state index contributed by atoms with van der Waals surface area (Å²) in [5.41, 5.74) is 5.59. The van der Waals surface area contributed by atoms with E-state index in [2.05, 4.69) is 15.3 Å². The van der Waals surface area contributed by atoms with E-state index in [1.165, 1.54) is 18.6 Å². The summed E-state index contributed by atoms with van der Waals surface area (Å²) in [7, 11) is 0. The van der Waals surface area contributed by atoms with E-state index >= 15 is 4.39 Å². The van der Waals surface area contributed by atoms with Gasteiger partial charge < -0.3 is 5.11 Å². The number of nitrogens with zero attached hydrogens (tertiary/aromatic N) is 6. The Labute approximate surface area is 319 Å². The van der Waals surface area contributed by atoms with Gasteiger partial charge >= 0.3 is 5.97 Å². The lowest BCUT2D eigenvalue weighted by Crippen LogP contribution is -2.15. The second kappa shape index (κ2) is 15.0. The first kappa shape index (κ1) is 36.9. The summed E-state index contributed by atoms with van der Waals surface area (Å²) in [6.07, 6.45) is 9.87. The van der Waals surface area contributed by atoms with Gasteiger partial charge in [-0.15, -0.1) is 0 Å². The fourth-order valence-corrected chi connectivity index (χ4v) is 7.47. The Balaban J connectivity index is 1.49. The van der Waals surface area contributed by atoms with E-state index in [-0.39, 0.29) is 22.4 Å². The first-order valence-electron chi connectivity index (χ1n) is 16.0. The van der Waals surface area contributed by atoms with E-state index in [4.69, 9.17) is 58.0 Å². The average molecular weight is 789 g/mol. The zero-order valence-electron chi connectivity index (χ0n) is 27.9. The zero-order valence-corrected chi connectivity index (χ0v) is 31.7. The Morgan fingerprint density at radius 2 is 1.29 bits per heavy atom. The van der Waals surface area contributed by atoms with Crippen LogP contribution in [0.25, 0.3) is 17.1 Å². The van der Waals surface area contributed by atoms with Gasteiger partial charge in [-0.05, 0) is 89.2 Å². The fourth-order valence-electron chi connectivity index (χ4n) is 6.53. The second-order valence-corrected chi connectivity index (χ2v) is 15.0. The smallest absolute Gasteiger partial charge is 0.338 e. The molecule has 3 aromatic carbocycles. The lowest BCUT2D eigenvalue weighted by Gasteiger charge is -2.25. The van der Waals surface area contributed by atoms with E-state index < -0.39 is 17.7 Å². The van der Waals surface area contributed by atoms with Gasteiger partial charge in [-0.3, -0.25) is 0 Å². The van der Waals surface area contributed by atoms with Crippen molar-refractivity contribution < 1.29 is 14.3 Å². The van der Waals surface area contributed by atoms with Crippen molar-refractivity contribution >= 4 is 64.0 Å². The molecule has 2 unspecified atom stereocenters. The average Bonchev–Trinajstić information content (AvgIpc) is 3.83. The first-order chi connectivity index (χ1) is 24.2. The van der Waals surface area contributed by atoms with Gasteiger partial charge in [0.15, 0.2) is 0 Å². The van der Waals surface area contributed by atoms with Crippen molar-refractivity contribution in [2.45, 2.75) is 58.3 Å². The molecule has 264 valence electrons. The molecule has 51 heavy (non-hydrogen) atoms. The van der Waals surface area contributed by atoms with Crippen molar-refractivity contribution in [1.82, 2.24) is 29.3 Å². The molecule has 0 bridgehead atoms. The first-order valence-corrected chi connectivity index (χ1v) is 17.9. The van der Waals surface area contributed by atoms with Crippen LogP contribution in [-0.4, -0.2) is 40.4 Å². The predicted molar refractivity (Wildman–Crippen MR) is 201 cm³/mol. The Bertz CT molecular complexity index is 2260. The summed E-state index contributed by atoms with van der Waals surface area (Å²) < 4.78 is 21.3. The highest BCUT2D eigenvalue weighted by Gasteiger charge is 2.28. The summed E-state index contributed by atoms with van der Waals surface area (Å²) in [5, 5.41) is 24.8. The molecular formula is C37H32Cl5FN6O2. The van der Waals surface area contributed by atoms with Crippen LogP contribution in [0.2, 0.25) is 25.1 Å². The van der Waals surface area contributed by atoms with Crippen molar-refractivity contribution in [3.8, 4) is 17.1 Å². The highest BCUT2D eigenvalue weighted by atomic mass is 35.5. The molecule has 0 saturated heterocycles. The molecule has 0 saturated carbocycles. The van der Waals surface area contributed by atoms with Crippen molar-refractivity contribution in [3.05, 3.63) is 138 Å². The van der Waals surface area contributed by atoms with Crippen molar-refractivity contribution in [2.75, 3.05) is 0 Å². The highest BCUT2D eigenvalue weighted by Crippen LogP contribution is 2.40. The van der Waals surface area contributed by atoms with Crippen LogP contribution < -0.4 is 0 Å². The molecule has 6 rings (SSSR count). The molecule has 6 aromatic rings. The number of hydrogen-bond acceptors (Lipinski definition) is 4. The van der Waals surface area contributed by atoms with Crippen LogP contribution >= 0.6 is 58.0 Å². The van der Waals surface area contributed by atoms with Gasteiger partial charge in [0.2, 0.25) is 0 Å². The van der Waals surface area contributed by atoms with Gasteiger partial charge in [-0.1, -0.05) is 85.7 Å². The molecule has 8 nitrogen and oxygen atoms in total. The molecule has 3 heterocycles. The maximum absolute atomic E-state index is 16.5. The summed E-state index contributed by atoms with van der Waals surface area (Å²) in [6, 6.07) is 10.8. The van der Waals surface area contributed by atoms with Crippen molar-refractivity contribution in [2.24, 2.45) is 0 Å². The minimum atomic E-state index is -1.10. The number of hydrogen-bond donors (Lipinski definition) is 1. The zero-order chi connectivity index (χ0) is 36.7. The van der Waals surface area contributed by atoms with Gasteiger partial charge in [0.25, 0.3) is 0 Å². The lowest BCUT2D eigenvalue weighted by atomic mass is 9.85. The molecule has 3 aromatic heterocycles. The van der Waals surface area contributed by atoms with Crippen LogP contribution in [0.5, 0.6) is 0 Å². The van der Waals surface area contributed by atoms with E-state index in [0.29, 0.717) is 49.9 Å². The molecule has 14 heteroatoms. The Morgan fingerprint density at radius 3 is 1.90 bits per heavy atom. The van der Waals surface area contributed by atoms with Crippen molar-refractivity contribution in [1.29, 1.82) is 0 Å². The van der Waals surface area contributed by atoms with Crippen LogP contribution in [0, 0.1) is 5.82 Å². The molecule has 0 amide bonds. The largest absolute Gasteiger partial charge is 0.478 e. The molecule has 0 aliphatic rings. The lowest BCUT2D eigenvalue weighted by molar-refractivity contribution is 0.0697. The Hall–Kier alpha value is -3.86. The van der Waals surface area contributed by atoms with Crippen LogP contribution in [0.15, 0.2) is 73.6 Å². The summed E-state index contributed by atoms with van der Waals surface area (Å²) in [4.78, 5) is 11.8. The fraction of sp³-hybridized carbons (Fsp3) is 0.243. The Kier molecular flexibility index (Phi) is 10.9. The molecule has 0 aliphatic heterocycles. The Morgan fingerprint density at radius 1 is 0.706 bits per heavy atom. The van der Waals surface area contributed by atoms with E-state index in [9.17, 15) is 9.90 Å². The highest BCUT2D eigenvalue weighted by molar-refractivity contribution is 6.32. The van der Waals surface area contributed by atoms with Crippen LogP contribution in [0.3, 0.4) is 0 Å². The standard InChI is InChI=1S/C37H32Cl5FN6O2/c1-19(2)29-12-26(39)9-22(35(29)48-16-24(13-44-48)37(50)51)8-21(4)33-34(43)31(42)10-23(36(33)49-18-28(41)15-46-49)7-20(3)30-11-25(38)5-6-32(30)47-17-27(40)14-45-47/h5-6,9-21H,7-8H2,1-4H3,(H,50,51). The summed E-state index contributed by atoms with van der Waals surface area (Å²) in [6.45, 7) is 7.97. The van der Waals surface area contributed by atoms with Gasteiger partial charge in [-0.25, -0.2) is 23.2 Å². The minimum absolute atomic E-state index is 0.0113. The minimum Gasteiger partial charge on any atom is -0.478 e. The van der Waals surface area contributed by atoms with E-state index in [0.717, 1.165) is 27.9 Å². The molecule has 0 radical (unpaired) electrons. The molecule has 0 spiro atoms. The predicted octanol–water partition coefficient (Wildman–Crippen LogP) is 11.2. The SMILES string of the molecule is CC(C)c1cc(Cl)cc(CC(C)c2c(F)c(Cl)cc(CC(C)c3cc(Cl)ccc3-n3cc(Cl)cn3)c2-n2cc(Cl)cn2)c1-n1cc(C(=O)O)cn1. The van der Waals surface area contributed by atoms with Gasteiger partial charge in [-0.2, -0.15) is 15.3 Å². The summed E-state index contributed by atoms with van der Waals surface area (Å²) >= 11 is 32.4. The molecular weight excluding hydrogens is 757 g/mol. The van der Waals surface area contributed by atoms with E-state index in [1.54, 1.807) is 50.8 Å². The third-order valence-electron chi connectivity index (χ3n) is 8.81. The normalized spacial score (nSPS) is 12.8. The van der Waals surface area contributed by atoms with E-state index in [1.807, 2.05) is 45.9 Å². The third-order valence-corrected chi connectivity index (χ3v) is 9.93.